The van der Waals surface area contributed by atoms with Gasteiger partial charge in [-0.2, -0.15) is 0 Å². The van der Waals surface area contributed by atoms with Gasteiger partial charge in [-0.25, -0.2) is 0 Å². The average Bonchev–Trinajstić information content (AvgIpc) is 2.46. The first-order valence-electron chi connectivity index (χ1n) is 7.64. The van der Waals surface area contributed by atoms with Crippen molar-refractivity contribution in [2.45, 2.75) is 52.0 Å². The van der Waals surface area contributed by atoms with Crippen LogP contribution in [0.5, 0.6) is 5.75 Å². The van der Waals surface area contributed by atoms with E-state index in [1.165, 1.54) is 6.42 Å². The highest BCUT2D eigenvalue weighted by Crippen LogP contribution is 2.34. The normalized spacial score (nSPS) is 19.0. The fourth-order valence-electron chi connectivity index (χ4n) is 2.87. The molecule has 4 heteroatoms. The van der Waals surface area contributed by atoms with Gasteiger partial charge in [-0.3, -0.25) is 4.79 Å². The molecule has 1 unspecified atom stereocenters. The molecule has 1 aliphatic heterocycles. The smallest absolute Gasteiger partial charge is 0.257 e. The van der Waals surface area contributed by atoms with E-state index in [0.29, 0.717) is 22.3 Å². The summed E-state index contributed by atoms with van der Waals surface area (Å²) in [5, 5.41) is 0.511. The third kappa shape index (κ3) is 3.34. The Bertz CT molecular complexity index is 528. The van der Waals surface area contributed by atoms with Crippen LogP contribution in [0.25, 0.3) is 0 Å². The number of halogens is 1. The highest BCUT2D eigenvalue weighted by molar-refractivity contribution is 6.32. The van der Waals surface area contributed by atoms with Crippen LogP contribution in [0.15, 0.2) is 12.1 Å². The van der Waals surface area contributed by atoms with Gasteiger partial charge in [0, 0.05) is 12.6 Å². The molecule has 0 aromatic heterocycles. The van der Waals surface area contributed by atoms with Gasteiger partial charge in [0.1, 0.15) is 5.75 Å². The molecule has 1 fully saturated rings. The van der Waals surface area contributed by atoms with Crippen LogP contribution >= 0.6 is 11.6 Å². The number of amides is 1. The third-order valence-corrected chi connectivity index (χ3v) is 4.51. The van der Waals surface area contributed by atoms with E-state index < -0.39 is 0 Å². The molecule has 1 heterocycles. The third-order valence-electron chi connectivity index (χ3n) is 4.23. The number of carbonyl (C=O) groups excluding carboxylic acids is 1. The molecule has 0 bridgehead atoms. The highest BCUT2D eigenvalue weighted by atomic mass is 35.5. The number of rotatable bonds is 3. The van der Waals surface area contributed by atoms with E-state index in [4.69, 9.17) is 16.3 Å². The van der Waals surface area contributed by atoms with Crippen molar-refractivity contribution >= 4 is 17.5 Å². The van der Waals surface area contributed by atoms with Crippen molar-refractivity contribution in [1.29, 1.82) is 0 Å². The monoisotopic (exact) mass is 309 g/mol. The summed E-state index contributed by atoms with van der Waals surface area (Å²) in [6, 6.07) is 4.10. The lowest BCUT2D eigenvalue weighted by Crippen LogP contribution is -2.42. The molecule has 1 atom stereocenters. The minimum absolute atomic E-state index is 0.0310. The molecule has 1 aliphatic rings. The van der Waals surface area contributed by atoms with Crippen molar-refractivity contribution in [3.63, 3.8) is 0 Å². The Morgan fingerprint density at radius 2 is 2.10 bits per heavy atom. The number of hydrogen-bond acceptors (Lipinski definition) is 2. The number of likely N-dealkylation sites (tertiary alicyclic amines) is 1. The lowest BCUT2D eigenvalue weighted by molar-refractivity contribution is 0.0632. The summed E-state index contributed by atoms with van der Waals surface area (Å²) in [7, 11) is 1.56. The molecule has 116 valence electrons. The lowest BCUT2D eigenvalue weighted by atomic mass is 9.97. The number of benzene rings is 1. The highest BCUT2D eigenvalue weighted by Gasteiger charge is 2.27. The van der Waals surface area contributed by atoms with Crippen molar-refractivity contribution in [2.24, 2.45) is 0 Å². The van der Waals surface area contributed by atoms with Crippen LogP contribution in [-0.2, 0) is 0 Å². The fourth-order valence-corrected chi connectivity index (χ4v) is 3.17. The summed E-state index contributed by atoms with van der Waals surface area (Å²) in [6.07, 6.45) is 3.32. The summed E-state index contributed by atoms with van der Waals surface area (Å²) in [4.78, 5) is 14.9. The molecule has 1 aromatic carbocycles. The van der Waals surface area contributed by atoms with Gasteiger partial charge < -0.3 is 9.64 Å². The van der Waals surface area contributed by atoms with Crippen molar-refractivity contribution in [3.8, 4) is 5.75 Å². The van der Waals surface area contributed by atoms with Gasteiger partial charge in [0.25, 0.3) is 5.91 Å². The number of piperidine rings is 1. The first-order valence-corrected chi connectivity index (χ1v) is 8.02. The van der Waals surface area contributed by atoms with Crippen LogP contribution in [0.1, 0.15) is 61.9 Å². The number of carbonyl (C=O) groups is 1. The first-order chi connectivity index (χ1) is 9.95. The van der Waals surface area contributed by atoms with Crippen LogP contribution in [0, 0.1) is 0 Å². The molecule has 0 radical (unpaired) electrons. The molecule has 1 aromatic rings. The molecule has 1 amide bonds. The van der Waals surface area contributed by atoms with Gasteiger partial charge >= 0.3 is 0 Å². The predicted octanol–water partition coefficient (Wildman–Crippen LogP) is 4.49. The van der Waals surface area contributed by atoms with Crippen molar-refractivity contribution in [2.75, 3.05) is 13.7 Å². The zero-order chi connectivity index (χ0) is 15.6. The minimum atomic E-state index is 0.0310. The fraction of sp³-hybridized carbons (Fsp3) is 0.588. The van der Waals surface area contributed by atoms with Crippen LogP contribution < -0.4 is 4.74 Å². The second-order valence-corrected chi connectivity index (χ2v) is 6.49. The maximum absolute atomic E-state index is 12.9. The van der Waals surface area contributed by atoms with E-state index in [9.17, 15) is 4.79 Å². The second-order valence-electron chi connectivity index (χ2n) is 6.08. The van der Waals surface area contributed by atoms with Crippen LogP contribution in [0.2, 0.25) is 5.02 Å². The Hall–Kier alpha value is -1.22. The zero-order valence-corrected chi connectivity index (χ0v) is 14.0. The Kier molecular flexibility index (Phi) is 5.15. The molecule has 0 saturated carbocycles. The van der Waals surface area contributed by atoms with Crippen LogP contribution in [0.4, 0.5) is 0 Å². The SMILES string of the molecule is COc1c(Cl)cc(C(C)C)cc1C(=O)N1CCCCC1C. The predicted molar refractivity (Wildman–Crippen MR) is 86.4 cm³/mol. The zero-order valence-electron chi connectivity index (χ0n) is 13.3. The van der Waals surface area contributed by atoms with E-state index in [2.05, 4.69) is 20.8 Å². The lowest BCUT2D eigenvalue weighted by Gasteiger charge is -2.34. The van der Waals surface area contributed by atoms with Crippen molar-refractivity contribution < 1.29 is 9.53 Å². The van der Waals surface area contributed by atoms with E-state index in [1.54, 1.807) is 7.11 Å². The van der Waals surface area contributed by atoms with Gasteiger partial charge in [0.2, 0.25) is 0 Å². The molecule has 3 nitrogen and oxygen atoms in total. The summed E-state index contributed by atoms with van der Waals surface area (Å²) in [5.41, 5.74) is 1.65. The van der Waals surface area contributed by atoms with Gasteiger partial charge in [-0.15, -0.1) is 0 Å². The number of methoxy groups -OCH3 is 1. The van der Waals surface area contributed by atoms with Crippen LogP contribution in [-0.4, -0.2) is 30.5 Å². The van der Waals surface area contributed by atoms with E-state index >= 15 is 0 Å². The van der Waals surface area contributed by atoms with Crippen molar-refractivity contribution in [1.82, 2.24) is 4.90 Å². The molecule has 0 spiro atoms. The summed E-state index contributed by atoms with van der Waals surface area (Å²) in [5.74, 6) is 0.839. The number of ether oxygens (including phenoxy) is 1. The summed E-state index contributed by atoms with van der Waals surface area (Å²) < 4.78 is 5.38. The molecular weight excluding hydrogens is 286 g/mol. The minimum Gasteiger partial charge on any atom is -0.494 e. The molecular formula is C17H24ClNO2. The largest absolute Gasteiger partial charge is 0.494 e. The van der Waals surface area contributed by atoms with E-state index in [-0.39, 0.29) is 11.9 Å². The van der Waals surface area contributed by atoms with E-state index in [0.717, 1.165) is 24.9 Å². The molecule has 0 N–H and O–H groups in total. The Morgan fingerprint density at radius 1 is 1.38 bits per heavy atom. The first kappa shape index (κ1) is 16.2. The number of hydrogen-bond donors (Lipinski definition) is 0. The summed E-state index contributed by atoms with van der Waals surface area (Å²) >= 11 is 6.30. The maximum atomic E-state index is 12.9. The molecule has 2 rings (SSSR count). The quantitative estimate of drug-likeness (QED) is 0.823. The molecule has 1 saturated heterocycles. The van der Waals surface area contributed by atoms with Gasteiger partial charge in [-0.1, -0.05) is 25.4 Å². The van der Waals surface area contributed by atoms with Gasteiger partial charge in [0.15, 0.2) is 0 Å². The maximum Gasteiger partial charge on any atom is 0.257 e. The van der Waals surface area contributed by atoms with Crippen molar-refractivity contribution in [3.05, 3.63) is 28.3 Å². The van der Waals surface area contributed by atoms with Gasteiger partial charge in [0.05, 0.1) is 17.7 Å². The average molecular weight is 310 g/mol. The standard InChI is InChI=1S/C17H24ClNO2/c1-11(2)13-9-14(16(21-4)15(18)10-13)17(20)19-8-6-5-7-12(19)3/h9-12H,5-8H2,1-4H3. The van der Waals surface area contributed by atoms with Gasteiger partial charge in [-0.05, 0) is 49.8 Å². The van der Waals surface area contributed by atoms with Crippen LogP contribution in [0.3, 0.4) is 0 Å². The topological polar surface area (TPSA) is 29.5 Å². The Morgan fingerprint density at radius 3 is 2.67 bits per heavy atom. The second kappa shape index (κ2) is 6.69. The van der Waals surface area contributed by atoms with E-state index in [1.807, 2.05) is 17.0 Å². The Balaban J connectivity index is 2.43. The Labute approximate surface area is 132 Å². The number of nitrogens with zero attached hydrogens (tertiary/aromatic N) is 1. The molecule has 0 aliphatic carbocycles. The summed E-state index contributed by atoms with van der Waals surface area (Å²) in [6.45, 7) is 7.11. The molecule has 21 heavy (non-hydrogen) atoms.